The van der Waals surface area contributed by atoms with Crippen molar-refractivity contribution < 1.29 is 27.1 Å². The van der Waals surface area contributed by atoms with Crippen molar-refractivity contribution in [3.8, 4) is 5.69 Å². The highest BCUT2D eigenvalue weighted by atomic mass is 19.4. The average Bonchev–Trinajstić information content (AvgIpc) is 3.07. The number of halogens is 4. The molecule has 2 heterocycles. The molecular formula is C18H15F4N3O2. The topological polar surface area (TPSA) is 56.1 Å². The number of aromatic nitrogens is 2. The van der Waals surface area contributed by atoms with Gasteiger partial charge in [-0.05, 0) is 43.0 Å². The van der Waals surface area contributed by atoms with Crippen molar-refractivity contribution in [1.29, 1.82) is 0 Å². The zero-order valence-corrected chi connectivity index (χ0v) is 14.2. The zero-order chi connectivity index (χ0) is 19.6. The van der Waals surface area contributed by atoms with E-state index in [1.54, 1.807) is 25.3 Å². The maximum absolute atomic E-state index is 14.0. The molecule has 1 aromatic heterocycles. The number of nitrogens with zero attached hydrogens (tertiary/aromatic N) is 2. The second-order valence-electron chi connectivity index (χ2n) is 5.64. The molecule has 0 bridgehead atoms. The van der Waals surface area contributed by atoms with Crippen molar-refractivity contribution in [2.75, 3.05) is 13.2 Å². The lowest BCUT2D eigenvalue weighted by atomic mass is 10.1. The lowest BCUT2D eigenvalue weighted by Crippen LogP contribution is -2.15. The van der Waals surface area contributed by atoms with Gasteiger partial charge in [-0.15, -0.1) is 0 Å². The Morgan fingerprint density at radius 1 is 1.33 bits per heavy atom. The molecule has 0 spiro atoms. The normalized spacial score (nSPS) is 13.9. The Kier molecular flexibility index (Phi) is 5.02. The Hall–Kier alpha value is -3.10. The largest absolute Gasteiger partial charge is 0.461 e. The molecule has 0 amide bonds. The highest BCUT2D eigenvalue weighted by molar-refractivity contribution is 5.88. The fourth-order valence-corrected chi connectivity index (χ4v) is 2.61. The van der Waals surface area contributed by atoms with Gasteiger partial charge in [-0.1, -0.05) is 6.08 Å². The van der Waals surface area contributed by atoms with Crippen molar-refractivity contribution in [3.63, 3.8) is 0 Å². The summed E-state index contributed by atoms with van der Waals surface area (Å²) in [5.74, 6) is -2.10. The summed E-state index contributed by atoms with van der Waals surface area (Å²) in [6, 6.07) is 3.94. The smallest absolute Gasteiger partial charge is 0.419 e. The predicted octanol–water partition coefficient (Wildman–Crippen LogP) is 3.71. The molecule has 0 atom stereocenters. The number of ether oxygens (including phenoxy) is 1. The van der Waals surface area contributed by atoms with Gasteiger partial charge < -0.3 is 10.1 Å². The van der Waals surface area contributed by atoms with Crippen molar-refractivity contribution in [3.05, 3.63) is 65.4 Å². The van der Waals surface area contributed by atoms with E-state index < -0.39 is 23.5 Å². The summed E-state index contributed by atoms with van der Waals surface area (Å²) in [7, 11) is 0. The van der Waals surface area contributed by atoms with Gasteiger partial charge in [0.2, 0.25) is 0 Å². The minimum Gasteiger partial charge on any atom is -0.461 e. The number of allylic oxidation sites excluding steroid dienone is 2. The first-order valence-corrected chi connectivity index (χ1v) is 8.05. The van der Waals surface area contributed by atoms with Crippen LogP contribution in [0.4, 0.5) is 17.6 Å². The van der Waals surface area contributed by atoms with E-state index in [0.29, 0.717) is 18.3 Å². The van der Waals surface area contributed by atoms with Crippen LogP contribution in [0, 0.1) is 5.82 Å². The Morgan fingerprint density at radius 2 is 2.11 bits per heavy atom. The van der Waals surface area contributed by atoms with Crippen LogP contribution in [0.2, 0.25) is 0 Å². The van der Waals surface area contributed by atoms with E-state index in [9.17, 15) is 22.4 Å². The van der Waals surface area contributed by atoms with Crippen LogP contribution in [0.5, 0.6) is 0 Å². The van der Waals surface area contributed by atoms with Crippen molar-refractivity contribution in [2.45, 2.75) is 13.1 Å². The van der Waals surface area contributed by atoms with Gasteiger partial charge in [-0.25, -0.2) is 13.9 Å². The van der Waals surface area contributed by atoms with Gasteiger partial charge in [0.1, 0.15) is 5.82 Å². The Bertz CT molecular complexity index is 929. The van der Waals surface area contributed by atoms with E-state index >= 15 is 0 Å². The third-order valence-corrected chi connectivity index (χ3v) is 3.83. The zero-order valence-electron chi connectivity index (χ0n) is 14.2. The van der Waals surface area contributed by atoms with Gasteiger partial charge in [-0.2, -0.15) is 18.3 Å². The van der Waals surface area contributed by atoms with Gasteiger partial charge in [0, 0.05) is 12.6 Å². The highest BCUT2D eigenvalue weighted by Gasteiger charge is 2.34. The van der Waals surface area contributed by atoms with Crippen LogP contribution in [-0.4, -0.2) is 28.9 Å². The van der Waals surface area contributed by atoms with Crippen LogP contribution in [0.25, 0.3) is 11.3 Å². The maximum atomic E-state index is 14.0. The van der Waals surface area contributed by atoms with E-state index in [4.69, 9.17) is 4.74 Å². The molecule has 1 aliphatic rings. The Balaban J connectivity index is 2.10. The molecule has 1 aromatic carbocycles. The van der Waals surface area contributed by atoms with Crippen LogP contribution in [-0.2, 0) is 10.9 Å². The van der Waals surface area contributed by atoms with Crippen LogP contribution in [0.3, 0.4) is 0 Å². The van der Waals surface area contributed by atoms with Crippen LogP contribution in [0.1, 0.15) is 28.7 Å². The number of benzene rings is 1. The minimum atomic E-state index is -4.80. The summed E-state index contributed by atoms with van der Waals surface area (Å²) < 4.78 is 58.5. The molecule has 27 heavy (non-hydrogen) atoms. The molecule has 1 N–H and O–H groups in total. The molecule has 0 saturated carbocycles. The van der Waals surface area contributed by atoms with E-state index in [0.717, 1.165) is 17.7 Å². The van der Waals surface area contributed by atoms with E-state index in [1.807, 2.05) is 0 Å². The first-order chi connectivity index (χ1) is 12.8. The SMILES string of the molecule is CCOC(=O)c1cc(C2=CC=CNC2)n(-c2ccc(C(F)(F)F)c(F)c2)n1. The third kappa shape index (κ3) is 3.86. The molecular weight excluding hydrogens is 366 g/mol. The lowest BCUT2D eigenvalue weighted by molar-refractivity contribution is -0.140. The molecule has 0 fully saturated rings. The van der Waals surface area contributed by atoms with Gasteiger partial charge in [0.25, 0.3) is 0 Å². The second kappa shape index (κ2) is 7.26. The number of hydrogen-bond donors (Lipinski definition) is 1. The molecule has 0 radical (unpaired) electrons. The van der Waals surface area contributed by atoms with Gasteiger partial charge in [0.15, 0.2) is 5.69 Å². The van der Waals surface area contributed by atoms with E-state index in [1.165, 1.54) is 10.7 Å². The third-order valence-electron chi connectivity index (χ3n) is 3.83. The number of dihydropyridines is 1. The molecule has 0 saturated heterocycles. The second-order valence-corrected chi connectivity index (χ2v) is 5.64. The summed E-state index contributed by atoms with van der Waals surface area (Å²) in [5, 5.41) is 7.10. The average molecular weight is 381 g/mol. The summed E-state index contributed by atoms with van der Waals surface area (Å²) in [5.41, 5.74) is -0.175. The number of hydrogen-bond acceptors (Lipinski definition) is 4. The molecule has 5 nitrogen and oxygen atoms in total. The van der Waals surface area contributed by atoms with Crippen molar-refractivity contribution in [1.82, 2.24) is 15.1 Å². The number of nitrogens with one attached hydrogen (secondary N) is 1. The van der Waals surface area contributed by atoms with Crippen molar-refractivity contribution in [2.24, 2.45) is 0 Å². The molecule has 142 valence electrons. The Morgan fingerprint density at radius 3 is 2.70 bits per heavy atom. The Labute approximate surface area is 151 Å². The first-order valence-electron chi connectivity index (χ1n) is 8.05. The number of esters is 1. The quantitative estimate of drug-likeness (QED) is 0.648. The van der Waals surface area contributed by atoms with Gasteiger partial charge >= 0.3 is 12.1 Å². The predicted molar refractivity (Wildman–Crippen MR) is 89.6 cm³/mol. The van der Waals surface area contributed by atoms with E-state index in [-0.39, 0.29) is 18.0 Å². The van der Waals surface area contributed by atoms with E-state index in [2.05, 4.69) is 10.4 Å². The minimum absolute atomic E-state index is 0.0254. The lowest BCUT2D eigenvalue weighted by Gasteiger charge is -2.14. The molecule has 1 aliphatic heterocycles. The first kappa shape index (κ1) is 18.7. The number of alkyl halides is 3. The van der Waals surface area contributed by atoms with Crippen molar-refractivity contribution >= 4 is 11.5 Å². The monoisotopic (exact) mass is 381 g/mol. The summed E-state index contributed by atoms with van der Waals surface area (Å²) >= 11 is 0. The fraction of sp³-hybridized carbons (Fsp3) is 0.222. The van der Waals surface area contributed by atoms with Crippen LogP contribution < -0.4 is 5.32 Å². The van der Waals surface area contributed by atoms with Gasteiger partial charge in [0.05, 0.1) is 23.6 Å². The molecule has 0 unspecified atom stereocenters. The molecule has 3 rings (SSSR count). The van der Waals surface area contributed by atoms with Crippen LogP contribution in [0.15, 0.2) is 42.6 Å². The molecule has 9 heteroatoms. The number of carbonyl (C=O) groups is 1. The summed E-state index contributed by atoms with van der Waals surface area (Å²) in [6.45, 7) is 2.19. The maximum Gasteiger partial charge on any atom is 0.419 e. The van der Waals surface area contributed by atoms with Crippen LogP contribution >= 0.6 is 0 Å². The van der Waals surface area contributed by atoms with Gasteiger partial charge in [-0.3, -0.25) is 0 Å². The molecule has 2 aromatic rings. The summed E-state index contributed by atoms with van der Waals surface area (Å²) in [6.07, 6.45) is 0.410. The molecule has 0 aliphatic carbocycles. The highest BCUT2D eigenvalue weighted by Crippen LogP contribution is 2.32. The number of carbonyl (C=O) groups excluding carboxylic acids is 1. The fourth-order valence-electron chi connectivity index (χ4n) is 2.61. The standard InChI is InChI=1S/C18H15F4N3O2/c1-2-27-17(26)15-9-16(11-4-3-7-23-10-11)25(24-15)12-5-6-13(14(19)8-12)18(20,21)22/h3-9,23H,2,10H2,1H3. The number of rotatable bonds is 4. The summed E-state index contributed by atoms with van der Waals surface area (Å²) in [4.78, 5) is 12.0.